The summed E-state index contributed by atoms with van der Waals surface area (Å²) in [4.78, 5) is 35.2. The number of carboxylic acids is 1. The minimum atomic E-state index is -5.08. The van der Waals surface area contributed by atoms with Crippen molar-refractivity contribution in [1.82, 2.24) is 9.91 Å². The Labute approximate surface area is 163 Å². The van der Waals surface area contributed by atoms with E-state index >= 15 is 0 Å². The zero-order valence-electron chi connectivity index (χ0n) is 15.1. The van der Waals surface area contributed by atoms with Crippen molar-refractivity contribution >= 4 is 29.4 Å². The molecule has 0 aromatic carbocycles. The molecule has 4 unspecified atom stereocenters. The van der Waals surface area contributed by atoms with E-state index in [4.69, 9.17) is 21.0 Å². The van der Waals surface area contributed by atoms with Gasteiger partial charge in [0.15, 0.2) is 5.78 Å². The van der Waals surface area contributed by atoms with Gasteiger partial charge < -0.3 is 10.0 Å². The van der Waals surface area contributed by atoms with E-state index in [1.54, 1.807) is 16.7 Å². The van der Waals surface area contributed by atoms with Gasteiger partial charge in [-0.05, 0) is 25.2 Å². The number of thioether (sulfide) groups is 1. The van der Waals surface area contributed by atoms with Crippen LogP contribution in [0.15, 0.2) is 0 Å². The number of amides is 1. The van der Waals surface area contributed by atoms with Crippen molar-refractivity contribution in [1.29, 1.82) is 5.26 Å². The summed E-state index contributed by atoms with van der Waals surface area (Å²) in [5.41, 5.74) is -0.241. The molecule has 2 aliphatic carbocycles. The van der Waals surface area contributed by atoms with Crippen molar-refractivity contribution in [3.05, 3.63) is 0 Å². The zero-order chi connectivity index (χ0) is 21.3. The number of nitriles is 1. The van der Waals surface area contributed by atoms with Crippen LogP contribution in [0.2, 0.25) is 0 Å². The first-order chi connectivity index (χ1) is 12.9. The lowest BCUT2D eigenvalue weighted by atomic mass is 9.83. The lowest BCUT2D eigenvalue weighted by Gasteiger charge is -2.32. The average molecular weight is 422 g/mol. The Morgan fingerprint density at radius 2 is 2.11 bits per heavy atom. The summed E-state index contributed by atoms with van der Waals surface area (Å²) in [5, 5.41) is 17.6. The molecule has 1 saturated heterocycles. The number of ketones is 1. The summed E-state index contributed by atoms with van der Waals surface area (Å²) in [6.45, 7) is 2.02. The zero-order valence-corrected chi connectivity index (χ0v) is 15.9. The van der Waals surface area contributed by atoms with Crippen LogP contribution in [-0.4, -0.2) is 69.1 Å². The highest BCUT2D eigenvalue weighted by Crippen LogP contribution is 2.52. The maximum atomic E-state index is 12.5. The molecule has 12 heteroatoms. The van der Waals surface area contributed by atoms with Gasteiger partial charge in [0.05, 0.1) is 24.5 Å². The van der Waals surface area contributed by atoms with Crippen LogP contribution in [0.4, 0.5) is 13.2 Å². The molecule has 8 nitrogen and oxygen atoms in total. The van der Waals surface area contributed by atoms with Crippen molar-refractivity contribution in [3.8, 4) is 6.07 Å². The van der Waals surface area contributed by atoms with Crippen molar-refractivity contribution in [2.24, 2.45) is 17.2 Å². The van der Waals surface area contributed by atoms with Crippen molar-refractivity contribution in [2.45, 2.75) is 44.4 Å². The number of hydrogen-bond donors (Lipinski definition) is 2. The molecular formula is C16H21F3N4O4S. The molecule has 0 spiro atoms. The number of aliphatic carboxylic acids is 1. The Bertz CT molecular complexity index is 698. The van der Waals surface area contributed by atoms with Gasteiger partial charge in [-0.2, -0.15) is 18.4 Å². The second-order valence-corrected chi connectivity index (χ2v) is 8.36. The van der Waals surface area contributed by atoms with Gasteiger partial charge in [0.2, 0.25) is 5.91 Å². The van der Waals surface area contributed by atoms with E-state index in [-0.39, 0.29) is 41.7 Å². The van der Waals surface area contributed by atoms with Crippen LogP contribution < -0.4 is 5.84 Å². The van der Waals surface area contributed by atoms with E-state index in [2.05, 4.69) is 6.07 Å². The summed E-state index contributed by atoms with van der Waals surface area (Å²) < 4.78 is 31.7. The fraction of sp³-hybridized carbons (Fsp3) is 0.750. The lowest BCUT2D eigenvalue weighted by Crippen LogP contribution is -2.54. The van der Waals surface area contributed by atoms with Crippen molar-refractivity contribution < 1.29 is 32.7 Å². The highest BCUT2D eigenvalue weighted by Gasteiger charge is 2.56. The van der Waals surface area contributed by atoms with E-state index < -0.39 is 12.1 Å². The number of hydrogen-bond acceptors (Lipinski definition) is 7. The van der Waals surface area contributed by atoms with E-state index in [0.29, 0.717) is 11.6 Å². The normalized spacial score (nSPS) is 31.5. The Morgan fingerprint density at radius 3 is 2.57 bits per heavy atom. The van der Waals surface area contributed by atoms with E-state index in [1.807, 2.05) is 6.92 Å². The van der Waals surface area contributed by atoms with Gasteiger partial charge >= 0.3 is 12.1 Å². The largest absolute Gasteiger partial charge is 0.490 e. The Balaban J connectivity index is 0.000000345. The smallest absolute Gasteiger partial charge is 0.475 e. The molecule has 3 rings (SSSR count). The van der Waals surface area contributed by atoms with Gasteiger partial charge in [-0.25, -0.2) is 9.80 Å². The summed E-state index contributed by atoms with van der Waals surface area (Å²) in [6, 6.07) is 1.44. The number of fused-ring (bicyclic) bond motifs is 2. The van der Waals surface area contributed by atoms with E-state index in [9.17, 15) is 22.8 Å². The molecule has 28 heavy (non-hydrogen) atoms. The number of halogens is 3. The predicted octanol–water partition coefficient (Wildman–Crippen LogP) is 0.978. The monoisotopic (exact) mass is 422 g/mol. The van der Waals surface area contributed by atoms with Crippen LogP contribution in [0.5, 0.6) is 0 Å². The highest BCUT2D eigenvalue weighted by molar-refractivity contribution is 7.99. The van der Waals surface area contributed by atoms with Gasteiger partial charge in [-0.3, -0.25) is 15.4 Å². The number of hydrazine groups is 1. The summed E-state index contributed by atoms with van der Waals surface area (Å²) in [5.74, 6) is 4.77. The number of nitrogens with two attached hydrogens (primary N) is 1. The first-order valence-electron chi connectivity index (χ1n) is 8.53. The quantitative estimate of drug-likeness (QED) is 0.509. The second-order valence-electron chi connectivity index (χ2n) is 7.36. The molecule has 2 saturated carbocycles. The topological polar surface area (TPSA) is 128 Å². The number of carbonyl (C=O) groups excluding carboxylic acids is 2. The van der Waals surface area contributed by atoms with E-state index in [1.165, 1.54) is 5.01 Å². The summed E-state index contributed by atoms with van der Waals surface area (Å²) >= 11 is 1.57. The third-order valence-corrected chi connectivity index (χ3v) is 6.37. The van der Waals surface area contributed by atoms with Crippen molar-refractivity contribution in [3.63, 3.8) is 0 Å². The van der Waals surface area contributed by atoms with Crippen LogP contribution in [0.3, 0.4) is 0 Å². The van der Waals surface area contributed by atoms with Gasteiger partial charge in [-0.15, -0.1) is 11.8 Å². The fourth-order valence-corrected chi connectivity index (χ4v) is 5.02. The Hall–Kier alpha value is -1.84. The molecular weight excluding hydrogens is 401 g/mol. The van der Waals surface area contributed by atoms with Gasteiger partial charge in [0.1, 0.15) is 6.04 Å². The predicted molar refractivity (Wildman–Crippen MR) is 92.4 cm³/mol. The molecule has 0 aromatic heterocycles. The molecule has 3 aliphatic rings. The average Bonchev–Trinajstić information content (AvgIpc) is 3.27. The van der Waals surface area contributed by atoms with E-state index in [0.717, 1.165) is 19.3 Å². The first kappa shape index (κ1) is 22.4. The highest BCUT2D eigenvalue weighted by atomic mass is 32.2. The molecule has 0 aromatic rings. The molecule has 0 radical (unpaired) electrons. The third-order valence-electron chi connectivity index (χ3n) is 5.36. The SMILES string of the molecule is CC12CCC(C1)C(N(N)CC(=O)N1CSCC1C#N)C2=O.O=C(O)C(F)(F)F. The first-order valence-corrected chi connectivity index (χ1v) is 9.69. The number of Topliss-reactive ketones (excluding diaryl/α,β-unsaturated/α-hetero) is 1. The van der Waals surface area contributed by atoms with Gasteiger partial charge in [0, 0.05) is 11.2 Å². The maximum Gasteiger partial charge on any atom is 0.490 e. The molecule has 1 aliphatic heterocycles. The van der Waals surface area contributed by atoms with Crippen LogP contribution in [0.1, 0.15) is 26.2 Å². The van der Waals surface area contributed by atoms with Gasteiger partial charge in [0.25, 0.3) is 0 Å². The lowest BCUT2D eigenvalue weighted by molar-refractivity contribution is -0.192. The molecule has 2 bridgehead atoms. The Kier molecular flexibility index (Phi) is 6.62. The maximum absolute atomic E-state index is 12.5. The van der Waals surface area contributed by atoms with Crippen LogP contribution in [0.25, 0.3) is 0 Å². The van der Waals surface area contributed by atoms with Crippen LogP contribution >= 0.6 is 11.8 Å². The third kappa shape index (κ3) is 4.59. The molecule has 156 valence electrons. The summed E-state index contributed by atoms with van der Waals surface area (Å²) in [6.07, 6.45) is -2.25. The second kappa shape index (κ2) is 8.26. The number of nitrogens with zero attached hydrogens (tertiary/aromatic N) is 3. The standard InChI is InChI=1S/C14H20N4O2S.C2HF3O2/c1-14-3-2-9(4-14)12(13(14)20)18(16)6-11(19)17-8-21-7-10(17)5-15;3-2(4,5)1(6)7/h9-10,12H,2-4,6-8,16H2,1H3;(H,6,7). The van der Waals surface area contributed by atoms with Gasteiger partial charge in [-0.1, -0.05) is 6.92 Å². The number of rotatable bonds is 3. The number of carbonyl (C=O) groups is 3. The van der Waals surface area contributed by atoms with Crippen LogP contribution in [0, 0.1) is 22.7 Å². The Morgan fingerprint density at radius 1 is 1.50 bits per heavy atom. The molecule has 3 fully saturated rings. The number of alkyl halides is 3. The summed E-state index contributed by atoms with van der Waals surface area (Å²) in [7, 11) is 0. The molecule has 3 N–H and O–H groups in total. The number of carboxylic acid groups (broad SMARTS) is 1. The minimum Gasteiger partial charge on any atom is -0.475 e. The molecule has 4 atom stereocenters. The fourth-order valence-electron chi connectivity index (χ4n) is 3.91. The van der Waals surface area contributed by atoms with Crippen LogP contribution in [-0.2, 0) is 14.4 Å². The molecule has 1 amide bonds. The van der Waals surface area contributed by atoms with Crippen molar-refractivity contribution in [2.75, 3.05) is 18.2 Å². The molecule has 1 heterocycles. The minimum absolute atomic E-state index is 0.0156.